The summed E-state index contributed by atoms with van der Waals surface area (Å²) >= 11 is 0. The number of hydrogen-bond donors (Lipinski definition) is 3. The molecule has 0 bridgehead atoms. The summed E-state index contributed by atoms with van der Waals surface area (Å²) in [6, 6.07) is 14.4. The summed E-state index contributed by atoms with van der Waals surface area (Å²) in [5.74, 6) is -0.688. The first-order chi connectivity index (χ1) is 13.5. The van der Waals surface area contributed by atoms with Crippen LogP contribution in [0.15, 0.2) is 48.5 Å². The first-order valence-electron chi connectivity index (χ1n) is 9.29. The maximum atomic E-state index is 12.6. The van der Waals surface area contributed by atoms with Crippen LogP contribution in [-0.4, -0.2) is 31.4 Å². The van der Waals surface area contributed by atoms with Gasteiger partial charge in [-0.1, -0.05) is 25.1 Å². The number of carbonyl (C=O) groups is 3. The fourth-order valence-electron chi connectivity index (χ4n) is 3.16. The molecule has 1 atom stereocenters. The number of carbonyl (C=O) groups excluding carboxylic acids is 3. The van der Waals surface area contributed by atoms with Crippen LogP contribution in [0.5, 0.6) is 0 Å². The Bertz CT molecular complexity index is 879. The van der Waals surface area contributed by atoms with E-state index in [0.717, 1.165) is 12.1 Å². The highest BCUT2D eigenvalue weighted by Crippen LogP contribution is 2.27. The Hall–Kier alpha value is -3.35. The molecule has 0 aliphatic carbocycles. The van der Waals surface area contributed by atoms with Crippen molar-refractivity contribution in [2.75, 3.05) is 29.1 Å². The number of benzene rings is 2. The van der Waals surface area contributed by atoms with Gasteiger partial charge in [-0.25, -0.2) is 4.79 Å². The summed E-state index contributed by atoms with van der Waals surface area (Å²) < 4.78 is 0. The van der Waals surface area contributed by atoms with Crippen molar-refractivity contribution in [3.8, 4) is 0 Å². The first kappa shape index (κ1) is 19.4. The van der Waals surface area contributed by atoms with E-state index in [1.807, 2.05) is 24.3 Å². The fourth-order valence-corrected chi connectivity index (χ4v) is 3.16. The zero-order valence-corrected chi connectivity index (χ0v) is 16.0. The molecule has 0 saturated carbocycles. The lowest BCUT2D eigenvalue weighted by atomic mass is 10.1. The summed E-state index contributed by atoms with van der Waals surface area (Å²) in [7, 11) is 1.53. The van der Waals surface area contributed by atoms with Crippen LogP contribution >= 0.6 is 0 Å². The van der Waals surface area contributed by atoms with E-state index >= 15 is 0 Å². The molecule has 1 saturated heterocycles. The maximum absolute atomic E-state index is 12.6. The standard InChI is InChI=1S/C21H24N4O3/c1-3-14-7-9-18(10-8-14)25-13-15(11-19(25)26)20(27)23-16-5-4-6-17(12-16)24-21(28)22-2/h4-10,12,15H,3,11,13H2,1-2H3,(H,23,27)(H2,22,24,28). The number of aryl methyl sites for hydroxylation is 1. The molecule has 0 spiro atoms. The number of anilines is 3. The number of urea groups is 1. The third kappa shape index (κ3) is 4.49. The predicted octanol–water partition coefficient (Wildman–Crippen LogP) is 2.99. The molecule has 1 fully saturated rings. The molecule has 1 aliphatic rings. The van der Waals surface area contributed by atoms with Crippen LogP contribution in [-0.2, 0) is 16.0 Å². The fraction of sp³-hybridized carbons (Fsp3) is 0.286. The summed E-state index contributed by atoms with van der Waals surface area (Å²) in [5, 5.41) is 7.96. The molecule has 2 aromatic carbocycles. The van der Waals surface area contributed by atoms with Crippen LogP contribution in [0.3, 0.4) is 0 Å². The normalized spacial score (nSPS) is 16.0. The zero-order valence-electron chi connectivity index (χ0n) is 16.0. The minimum absolute atomic E-state index is 0.0561. The summed E-state index contributed by atoms with van der Waals surface area (Å²) in [4.78, 5) is 38.1. The van der Waals surface area contributed by atoms with Crippen LogP contribution in [0.2, 0.25) is 0 Å². The van der Waals surface area contributed by atoms with Crippen molar-refractivity contribution in [3.05, 3.63) is 54.1 Å². The van der Waals surface area contributed by atoms with Crippen LogP contribution in [0, 0.1) is 5.92 Å². The second-order valence-corrected chi connectivity index (χ2v) is 6.70. The van der Waals surface area contributed by atoms with Crippen LogP contribution < -0.4 is 20.9 Å². The van der Waals surface area contributed by atoms with Crippen LogP contribution in [0.4, 0.5) is 21.9 Å². The van der Waals surface area contributed by atoms with Gasteiger partial charge >= 0.3 is 6.03 Å². The molecule has 146 valence electrons. The largest absolute Gasteiger partial charge is 0.341 e. The second kappa shape index (κ2) is 8.56. The van der Waals surface area contributed by atoms with Crippen molar-refractivity contribution in [1.29, 1.82) is 0 Å². The van der Waals surface area contributed by atoms with Gasteiger partial charge in [0.15, 0.2) is 0 Å². The highest BCUT2D eigenvalue weighted by atomic mass is 16.2. The molecule has 4 amide bonds. The van der Waals surface area contributed by atoms with E-state index < -0.39 is 5.92 Å². The Kier molecular flexibility index (Phi) is 5.93. The maximum Gasteiger partial charge on any atom is 0.318 e. The molecule has 0 radical (unpaired) electrons. The molecule has 7 nitrogen and oxygen atoms in total. The average Bonchev–Trinajstić information content (AvgIpc) is 3.10. The number of nitrogens with zero attached hydrogens (tertiary/aromatic N) is 1. The molecule has 1 unspecified atom stereocenters. The highest BCUT2D eigenvalue weighted by Gasteiger charge is 2.35. The third-order valence-electron chi connectivity index (χ3n) is 4.77. The van der Waals surface area contributed by atoms with Crippen LogP contribution in [0.25, 0.3) is 0 Å². The van der Waals surface area contributed by atoms with Gasteiger partial charge in [0, 0.05) is 37.1 Å². The molecule has 7 heteroatoms. The van der Waals surface area contributed by atoms with Gasteiger partial charge in [-0.3, -0.25) is 9.59 Å². The Morgan fingerprint density at radius 3 is 2.39 bits per heavy atom. The smallest absolute Gasteiger partial charge is 0.318 e. The Balaban J connectivity index is 1.64. The average molecular weight is 380 g/mol. The third-order valence-corrected chi connectivity index (χ3v) is 4.77. The van der Waals surface area contributed by atoms with E-state index in [4.69, 9.17) is 0 Å². The van der Waals surface area contributed by atoms with Crippen molar-refractivity contribution in [1.82, 2.24) is 5.32 Å². The monoisotopic (exact) mass is 380 g/mol. The Labute approximate surface area is 164 Å². The van der Waals surface area contributed by atoms with E-state index in [-0.39, 0.29) is 24.3 Å². The Morgan fingerprint density at radius 2 is 1.75 bits per heavy atom. The topological polar surface area (TPSA) is 90.5 Å². The SMILES string of the molecule is CCc1ccc(N2CC(C(=O)Nc3cccc(NC(=O)NC)c3)CC2=O)cc1. The summed E-state index contributed by atoms with van der Waals surface area (Å²) in [6.07, 6.45) is 1.12. The molecule has 3 rings (SSSR count). The molecule has 1 aliphatic heterocycles. The van der Waals surface area contributed by atoms with Crippen molar-refractivity contribution in [3.63, 3.8) is 0 Å². The van der Waals surface area contributed by atoms with E-state index in [0.29, 0.717) is 17.9 Å². The van der Waals surface area contributed by atoms with Gasteiger partial charge in [0.25, 0.3) is 0 Å². The molecule has 1 heterocycles. The van der Waals surface area contributed by atoms with Gasteiger partial charge in [-0.15, -0.1) is 0 Å². The quantitative estimate of drug-likeness (QED) is 0.745. The van der Waals surface area contributed by atoms with Gasteiger partial charge in [0.05, 0.1) is 5.92 Å². The number of amides is 4. The van der Waals surface area contributed by atoms with Crippen molar-refractivity contribution < 1.29 is 14.4 Å². The van der Waals surface area contributed by atoms with Gasteiger partial charge in [-0.2, -0.15) is 0 Å². The number of rotatable bonds is 5. The summed E-state index contributed by atoms with van der Waals surface area (Å²) in [6.45, 7) is 2.43. The molecule has 28 heavy (non-hydrogen) atoms. The minimum Gasteiger partial charge on any atom is -0.341 e. The lowest BCUT2D eigenvalue weighted by Crippen LogP contribution is -2.28. The Morgan fingerprint density at radius 1 is 1.07 bits per heavy atom. The van der Waals surface area contributed by atoms with Crippen molar-refractivity contribution in [2.45, 2.75) is 19.8 Å². The van der Waals surface area contributed by atoms with E-state index in [1.165, 1.54) is 12.6 Å². The van der Waals surface area contributed by atoms with E-state index in [9.17, 15) is 14.4 Å². The van der Waals surface area contributed by atoms with Gasteiger partial charge in [0.1, 0.15) is 0 Å². The van der Waals surface area contributed by atoms with Gasteiger partial charge in [-0.05, 0) is 42.3 Å². The van der Waals surface area contributed by atoms with E-state index in [2.05, 4.69) is 22.9 Å². The molecule has 0 aromatic heterocycles. The predicted molar refractivity (Wildman–Crippen MR) is 109 cm³/mol. The second-order valence-electron chi connectivity index (χ2n) is 6.70. The number of hydrogen-bond acceptors (Lipinski definition) is 3. The molecule has 3 N–H and O–H groups in total. The van der Waals surface area contributed by atoms with Crippen molar-refractivity contribution in [2.24, 2.45) is 5.92 Å². The zero-order chi connectivity index (χ0) is 20.1. The summed E-state index contributed by atoms with van der Waals surface area (Å²) in [5.41, 5.74) is 3.15. The molecular weight excluding hydrogens is 356 g/mol. The minimum atomic E-state index is -0.422. The highest BCUT2D eigenvalue weighted by molar-refractivity contribution is 6.03. The van der Waals surface area contributed by atoms with Gasteiger partial charge < -0.3 is 20.9 Å². The van der Waals surface area contributed by atoms with Gasteiger partial charge in [0.2, 0.25) is 11.8 Å². The van der Waals surface area contributed by atoms with E-state index in [1.54, 1.807) is 29.2 Å². The first-order valence-corrected chi connectivity index (χ1v) is 9.29. The lowest BCUT2D eigenvalue weighted by molar-refractivity contribution is -0.122. The lowest BCUT2D eigenvalue weighted by Gasteiger charge is -2.17. The van der Waals surface area contributed by atoms with Crippen molar-refractivity contribution >= 4 is 34.9 Å². The number of nitrogens with one attached hydrogen (secondary N) is 3. The molecular formula is C21H24N4O3. The van der Waals surface area contributed by atoms with Crippen LogP contribution in [0.1, 0.15) is 18.9 Å². The molecule has 2 aromatic rings.